The second-order valence-corrected chi connectivity index (χ2v) is 3.50. The van der Waals surface area contributed by atoms with Crippen LogP contribution < -0.4 is 5.73 Å². The maximum absolute atomic E-state index is 5.65. The highest BCUT2D eigenvalue weighted by Gasteiger charge is 2.20. The molecule has 17 heavy (non-hydrogen) atoms. The zero-order valence-electron chi connectivity index (χ0n) is 9.67. The van der Waals surface area contributed by atoms with Crippen LogP contribution in [0.15, 0.2) is 34.9 Å². The van der Waals surface area contributed by atoms with E-state index >= 15 is 0 Å². The highest BCUT2D eigenvalue weighted by atomic mass is 16.5. The number of nitrogens with two attached hydrogens (primary N) is 1. The van der Waals surface area contributed by atoms with Gasteiger partial charge < -0.3 is 15.0 Å². The van der Waals surface area contributed by atoms with E-state index in [1.54, 1.807) is 0 Å². The van der Waals surface area contributed by atoms with E-state index in [0.29, 0.717) is 18.3 Å². The van der Waals surface area contributed by atoms with Gasteiger partial charge in [-0.1, -0.05) is 35.5 Å². The van der Waals surface area contributed by atoms with Gasteiger partial charge in [0.25, 0.3) is 0 Å². The van der Waals surface area contributed by atoms with Crippen LogP contribution in [-0.4, -0.2) is 16.7 Å². The molecular weight excluding hydrogens is 218 g/mol. The number of benzene rings is 1. The summed E-state index contributed by atoms with van der Waals surface area (Å²) in [6.45, 7) is 2.74. The first kappa shape index (κ1) is 11.8. The van der Waals surface area contributed by atoms with Crippen molar-refractivity contribution >= 4 is 0 Å². The Morgan fingerprint density at radius 3 is 2.71 bits per heavy atom. The lowest BCUT2D eigenvalue weighted by Gasteiger charge is -2.13. The van der Waals surface area contributed by atoms with Crippen LogP contribution >= 0.6 is 0 Å². The van der Waals surface area contributed by atoms with Gasteiger partial charge in [0.15, 0.2) is 0 Å². The fourth-order valence-corrected chi connectivity index (χ4v) is 1.57. The maximum atomic E-state index is 5.65. The number of rotatable bonds is 5. The molecule has 5 heteroatoms. The largest absolute Gasteiger partial charge is 0.366 e. The average Bonchev–Trinajstić information content (AvgIpc) is 2.85. The third-order valence-electron chi connectivity index (χ3n) is 2.33. The van der Waals surface area contributed by atoms with Gasteiger partial charge in [-0.25, -0.2) is 0 Å². The quantitative estimate of drug-likeness (QED) is 0.850. The summed E-state index contributed by atoms with van der Waals surface area (Å²) < 4.78 is 10.6. The third-order valence-corrected chi connectivity index (χ3v) is 2.33. The van der Waals surface area contributed by atoms with Crippen LogP contribution in [0, 0.1) is 0 Å². The predicted molar refractivity (Wildman–Crippen MR) is 62.1 cm³/mol. The minimum Gasteiger partial charge on any atom is -0.366 e. The number of hydrogen-bond acceptors (Lipinski definition) is 5. The summed E-state index contributed by atoms with van der Waals surface area (Å²) in [5, 5.41) is 3.89. The summed E-state index contributed by atoms with van der Waals surface area (Å²) >= 11 is 0. The van der Waals surface area contributed by atoms with Gasteiger partial charge in [0.1, 0.15) is 6.10 Å². The Balaban J connectivity index is 2.28. The smallest absolute Gasteiger partial charge is 0.240 e. The number of ether oxygens (including phenoxy) is 1. The summed E-state index contributed by atoms with van der Waals surface area (Å²) in [5.41, 5.74) is 6.44. The summed E-state index contributed by atoms with van der Waals surface area (Å²) in [6.07, 6.45) is -0.301. The molecule has 2 aromatic rings. The van der Waals surface area contributed by atoms with Crippen molar-refractivity contribution in [3.8, 4) is 0 Å². The van der Waals surface area contributed by atoms with Gasteiger partial charge in [0.05, 0.1) is 6.54 Å². The van der Waals surface area contributed by atoms with E-state index in [-0.39, 0.29) is 12.6 Å². The molecule has 0 radical (unpaired) electrons. The SMILES string of the molecule is CCOC(c1ccccc1)c1noc(CN)n1. The van der Waals surface area contributed by atoms with E-state index in [2.05, 4.69) is 10.1 Å². The van der Waals surface area contributed by atoms with Gasteiger partial charge in [0.2, 0.25) is 11.7 Å². The van der Waals surface area contributed by atoms with Gasteiger partial charge >= 0.3 is 0 Å². The number of hydrogen-bond donors (Lipinski definition) is 1. The summed E-state index contributed by atoms with van der Waals surface area (Å²) in [4.78, 5) is 4.20. The topological polar surface area (TPSA) is 74.2 Å². The zero-order valence-corrected chi connectivity index (χ0v) is 9.67. The molecule has 1 atom stereocenters. The molecule has 1 unspecified atom stereocenters. The normalized spacial score (nSPS) is 12.6. The molecule has 1 aromatic carbocycles. The molecule has 1 aromatic heterocycles. The first-order chi connectivity index (χ1) is 8.35. The molecule has 0 aliphatic heterocycles. The minimum atomic E-state index is -0.301. The molecule has 1 heterocycles. The Bertz CT molecular complexity index is 456. The van der Waals surface area contributed by atoms with Crippen molar-refractivity contribution in [2.75, 3.05) is 6.61 Å². The molecule has 5 nitrogen and oxygen atoms in total. The molecular formula is C12H15N3O2. The molecule has 0 saturated heterocycles. The second-order valence-electron chi connectivity index (χ2n) is 3.50. The van der Waals surface area contributed by atoms with E-state index in [1.807, 2.05) is 37.3 Å². The minimum absolute atomic E-state index is 0.237. The molecule has 0 spiro atoms. The van der Waals surface area contributed by atoms with E-state index < -0.39 is 0 Å². The van der Waals surface area contributed by atoms with Crippen molar-refractivity contribution in [2.45, 2.75) is 19.6 Å². The van der Waals surface area contributed by atoms with Gasteiger partial charge in [-0.15, -0.1) is 0 Å². The van der Waals surface area contributed by atoms with Crippen molar-refractivity contribution in [1.82, 2.24) is 10.1 Å². The first-order valence-corrected chi connectivity index (χ1v) is 5.54. The Kier molecular flexibility index (Phi) is 3.85. The lowest BCUT2D eigenvalue weighted by atomic mass is 10.1. The summed E-state index contributed by atoms with van der Waals surface area (Å²) in [5.74, 6) is 0.930. The van der Waals surface area contributed by atoms with Gasteiger partial charge in [-0.05, 0) is 12.5 Å². The van der Waals surface area contributed by atoms with Crippen LogP contribution in [0.1, 0.15) is 30.3 Å². The van der Waals surface area contributed by atoms with E-state index in [1.165, 1.54) is 0 Å². The van der Waals surface area contributed by atoms with Crippen LogP contribution in [0.25, 0.3) is 0 Å². The highest BCUT2D eigenvalue weighted by molar-refractivity contribution is 5.22. The molecule has 0 bridgehead atoms. The van der Waals surface area contributed by atoms with Crippen LogP contribution in [0.5, 0.6) is 0 Å². The number of nitrogens with zero attached hydrogens (tertiary/aromatic N) is 2. The standard InChI is InChI=1S/C12H15N3O2/c1-2-16-11(9-6-4-3-5-7-9)12-14-10(8-13)17-15-12/h3-7,11H,2,8,13H2,1H3. The van der Waals surface area contributed by atoms with Crippen LogP contribution in [0.2, 0.25) is 0 Å². The summed E-state index contributed by atoms with van der Waals surface area (Å²) in [6, 6.07) is 9.79. The highest BCUT2D eigenvalue weighted by Crippen LogP contribution is 2.23. The van der Waals surface area contributed by atoms with Gasteiger partial charge in [0, 0.05) is 6.61 Å². The van der Waals surface area contributed by atoms with Gasteiger partial charge in [-0.3, -0.25) is 0 Å². The van der Waals surface area contributed by atoms with Crippen molar-refractivity contribution in [2.24, 2.45) is 5.73 Å². The Hall–Kier alpha value is -1.72. The van der Waals surface area contributed by atoms with Crippen LogP contribution in [-0.2, 0) is 11.3 Å². The first-order valence-electron chi connectivity index (χ1n) is 5.54. The average molecular weight is 233 g/mol. The predicted octanol–water partition coefficient (Wildman–Crippen LogP) is 1.65. The molecule has 0 amide bonds. The van der Waals surface area contributed by atoms with E-state index in [9.17, 15) is 0 Å². The molecule has 2 rings (SSSR count). The number of aromatic nitrogens is 2. The molecule has 2 N–H and O–H groups in total. The van der Waals surface area contributed by atoms with Crippen molar-refractivity contribution in [3.63, 3.8) is 0 Å². The Morgan fingerprint density at radius 2 is 2.12 bits per heavy atom. The zero-order chi connectivity index (χ0) is 12.1. The summed E-state index contributed by atoms with van der Waals surface area (Å²) in [7, 11) is 0. The molecule has 0 aliphatic rings. The van der Waals surface area contributed by atoms with Crippen LogP contribution in [0.3, 0.4) is 0 Å². The van der Waals surface area contributed by atoms with Crippen LogP contribution in [0.4, 0.5) is 0 Å². The van der Waals surface area contributed by atoms with E-state index in [0.717, 1.165) is 5.56 Å². The van der Waals surface area contributed by atoms with Gasteiger partial charge in [-0.2, -0.15) is 4.98 Å². The lowest BCUT2D eigenvalue weighted by molar-refractivity contribution is 0.0833. The molecule has 0 aliphatic carbocycles. The lowest BCUT2D eigenvalue weighted by Crippen LogP contribution is -2.08. The molecule has 0 fully saturated rings. The maximum Gasteiger partial charge on any atom is 0.240 e. The fraction of sp³-hybridized carbons (Fsp3) is 0.333. The Morgan fingerprint density at radius 1 is 1.35 bits per heavy atom. The molecule has 0 saturated carbocycles. The third kappa shape index (κ3) is 2.69. The van der Waals surface area contributed by atoms with Crippen molar-refractivity contribution in [1.29, 1.82) is 0 Å². The van der Waals surface area contributed by atoms with E-state index in [4.69, 9.17) is 15.0 Å². The second kappa shape index (κ2) is 5.56. The monoisotopic (exact) mass is 233 g/mol. The Labute approximate surface area is 99.6 Å². The van der Waals surface area contributed by atoms with Crippen molar-refractivity contribution < 1.29 is 9.26 Å². The molecule has 90 valence electrons. The fourth-order valence-electron chi connectivity index (χ4n) is 1.57. The van der Waals surface area contributed by atoms with Crippen molar-refractivity contribution in [3.05, 3.63) is 47.6 Å².